The van der Waals surface area contributed by atoms with E-state index in [1.165, 1.54) is 17.4 Å². The second-order valence-corrected chi connectivity index (χ2v) is 7.82. The summed E-state index contributed by atoms with van der Waals surface area (Å²) in [6.07, 6.45) is -1.49. The lowest BCUT2D eigenvalue weighted by molar-refractivity contribution is -0.358. The van der Waals surface area contributed by atoms with Crippen molar-refractivity contribution in [2.24, 2.45) is 0 Å². The third-order valence-corrected chi connectivity index (χ3v) is 5.05. The average molecular weight is 429 g/mol. The van der Waals surface area contributed by atoms with Crippen molar-refractivity contribution in [2.45, 2.75) is 32.7 Å². The normalized spacial score (nSPS) is 11.7. The van der Waals surface area contributed by atoms with Crippen LogP contribution >= 0.6 is 22.9 Å². The summed E-state index contributed by atoms with van der Waals surface area (Å²) in [5.41, 5.74) is 0.338. The van der Waals surface area contributed by atoms with Crippen LogP contribution in [0.2, 0.25) is 5.02 Å². The van der Waals surface area contributed by atoms with Gasteiger partial charge < -0.3 is 10.1 Å². The predicted octanol–water partition coefficient (Wildman–Crippen LogP) is 5.70. The molecule has 0 radical (unpaired) electrons. The molecule has 0 fully saturated rings. The average Bonchev–Trinajstić information content (AvgIpc) is 3.10. The van der Waals surface area contributed by atoms with E-state index in [0.29, 0.717) is 23.0 Å². The maximum atomic E-state index is 12.7. The first-order chi connectivity index (χ1) is 13.2. The molecule has 0 saturated carbocycles. The molecule has 3 rings (SSSR count). The van der Waals surface area contributed by atoms with Crippen LogP contribution in [-0.4, -0.2) is 11.1 Å². The van der Waals surface area contributed by atoms with Crippen LogP contribution in [0, 0.1) is 0 Å². The lowest BCUT2D eigenvalue weighted by atomic mass is 10.2. The summed E-state index contributed by atoms with van der Waals surface area (Å²) in [7, 11) is 0. The molecule has 3 aromatic rings. The maximum Gasteiger partial charge on any atom is 0.433 e. The van der Waals surface area contributed by atoms with Crippen molar-refractivity contribution in [3.05, 3.63) is 58.3 Å². The van der Waals surface area contributed by atoms with Crippen LogP contribution in [0.25, 0.3) is 10.6 Å². The minimum Gasteiger partial charge on any atom is -0.489 e. The summed E-state index contributed by atoms with van der Waals surface area (Å²) in [5.74, 6) is 0.622. The number of aromatic nitrogens is 2. The van der Waals surface area contributed by atoms with E-state index in [1.54, 1.807) is 0 Å². The summed E-state index contributed by atoms with van der Waals surface area (Å²) >= 11 is 7.77. The Morgan fingerprint density at radius 1 is 1.25 bits per heavy atom. The summed E-state index contributed by atoms with van der Waals surface area (Å²) in [6.45, 7) is 4.23. The van der Waals surface area contributed by atoms with Gasteiger partial charge in [-0.3, -0.25) is 4.98 Å². The molecular formula is C19H18ClF3N3OS+. The number of thiazole rings is 1. The highest BCUT2D eigenvalue weighted by molar-refractivity contribution is 7.14. The van der Waals surface area contributed by atoms with Crippen LogP contribution < -0.4 is 15.0 Å². The Kier molecular flexibility index (Phi) is 6.10. The molecule has 0 aliphatic carbocycles. The van der Waals surface area contributed by atoms with Crippen molar-refractivity contribution in [3.63, 3.8) is 0 Å². The molecule has 1 aromatic carbocycles. The number of pyridine rings is 1. The summed E-state index contributed by atoms with van der Waals surface area (Å²) in [6, 6.07) is 8.03. The van der Waals surface area contributed by atoms with E-state index in [0.717, 1.165) is 27.7 Å². The minimum atomic E-state index is -4.47. The highest BCUT2D eigenvalue weighted by atomic mass is 35.5. The second-order valence-electron chi connectivity index (χ2n) is 6.28. The number of aromatic amines is 1. The van der Waals surface area contributed by atoms with Crippen LogP contribution in [0.4, 0.5) is 18.9 Å². The Balaban J connectivity index is 1.69. The van der Waals surface area contributed by atoms with Gasteiger partial charge in [0.1, 0.15) is 11.4 Å². The second kappa shape index (κ2) is 8.36. The van der Waals surface area contributed by atoms with Gasteiger partial charge >= 0.3 is 6.18 Å². The quantitative estimate of drug-likeness (QED) is 0.548. The predicted molar refractivity (Wildman–Crippen MR) is 104 cm³/mol. The molecule has 2 heterocycles. The van der Waals surface area contributed by atoms with Gasteiger partial charge in [-0.1, -0.05) is 22.9 Å². The van der Waals surface area contributed by atoms with Gasteiger partial charge in [0, 0.05) is 11.9 Å². The van der Waals surface area contributed by atoms with E-state index in [2.05, 4.69) is 15.3 Å². The molecule has 2 aromatic heterocycles. The highest BCUT2D eigenvalue weighted by Gasteiger charge is 2.32. The van der Waals surface area contributed by atoms with Crippen LogP contribution in [0.5, 0.6) is 5.75 Å². The monoisotopic (exact) mass is 428 g/mol. The SMILES string of the molecule is CC(C)Oc1ccc(-c2[nH+]cc(CNc3ccnc(C(F)(F)F)c3)s2)cc1Cl. The number of halogens is 4. The molecule has 0 unspecified atom stereocenters. The van der Waals surface area contributed by atoms with Crippen molar-refractivity contribution in [1.82, 2.24) is 4.98 Å². The zero-order valence-corrected chi connectivity index (χ0v) is 16.7. The first-order valence-corrected chi connectivity index (χ1v) is 9.66. The smallest absolute Gasteiger partial charge is 0.433 e. The maximum absolute atomic E-state index is 12.7. The third kappa shape index (κ3) is 5.14. The number of alkyl halides is 3. The van der Waals surface area contributed by atoms with Crippen molar-refractivity contribution < 1.29 is 22.9 Å². The summed E-state index contributed by atoms with van der Waals surface area (Å²) in [5, 5.41) is 4.39. The molecule has 9 heteroatoms. The molecule has 2 N–H and O–H groups in total. The Hall–Kier alpha value is -2.32. The van der Waals surface area contributed by atoms with E-state index >= 15 is 0 Å². The molecule has 0 spiro atoms. The molecule has 0 amide bonds. The molecule has 148 valence electrons. The molecule has 0 saturated heterocycles. The van der Waals surface area contributed by atoms with Gasteiger partial charge in [0.2, 0.25) is 0 Å². The highest BCUT2D eigenvalue weighted by Crippen LogP contribution is 2.32. The fourth-order valence-electron chi connectivity index (χ4n) is 2.44. The van der Waals surface area contributed by atoms with Crippen LogP contribution in [-0.2, 0) is 12.7 Å². The van der Waals surface area contributed by atoms with Gasteiger partial charge in [0.25, 0.3) is 5.01 Å². The largest absolute Gasteiger partial charge is 0.489 e. The Bertz CT molecular complexity index is 960. The lowest BCUT2D eigenvalue weighted by Gasteiger charge is -2.11. The number of ether oxygens (including phenoxy) is 1. The van der Waals surface area contributed by atoms with E-state index in [-0.39, 0.29) is 6.10 Å². The number of rotatable bonds is 6. The molecule has 0 aliphatic heterocycles. The molecule has 28 heavy (non-hydrogen) atoms. The van der Waals surface area contributed by atoms with E-state index in [4.69, 9.17) is 16.3 Å². The van der Waals surface area contributed by atoms with Crippen LogP contribution in [0.15, 0.2) is 42.7 Å². The van der Waals surface area contributed by atoms with Crippen molar-refractivity contribution in [1.29, 1.82) is 0 Å². The first-order valence-electron chi connectivity index (χ1n) is 8.46. The number of nitrogens with one attached hydrogen (secondary N) is 2. The van der Waals surface area contributed by atoms with Gasteiger partial charge in [0.05, 0.1) is 28.1 Å². The van der Waals surface area contributed by atoms with Crippen molar-refractivity contribution in [3.8, 4) is 16.3 Å². The van der Waals surface area contributed by atoms with E-state index < -0.39 is 11.9 Å². The van der Waals surface area contributed by atoms with Gasteiger partial charge in [-0.15, -0.1) is 0 Å². The summed E-state index contributed by atoms with van der Waals surface area (Å²) in [4.78, 5) is 7.45. The van der Waals surface area contributed by atoms with Gasteiger partial charge in [-0.2, -0.15) is 13.2 Å². The Morgan fingerprint density at radius 2 is 2.04 bits per heavy atom. The zero-order chi connectivity index (χ0) is 20.3. The lowest BCUT2D eigenvalue weighted by Crippen LogP contribution is -2.08. The number of hydrogen-bond acceptors (Lipinski definition) is 4. The van der Waals surface area contributed by atoms with E-state index in [1.807, 2.05) is 38.2 Å². The first kappa shape index (κ1) is 20.4. The molecule has 4 nitrogen and oxygen atoms in total. The van der Waals surface area contributed by atoms with Crippen LogP contribution in [0.3, 0.4) is 0 Å². The number of benzene rings is 1. The van der Waals surface area contributed by atoms with Gasteiger partial charge in [0.15, 0.2) is 6.20 Å². The number of H-pyrrole nitrogens is 1. The molecule has 0 atom stereocenters. The standard InChI is InChI=1S/C19H17ClF3N3OS/c1-11(2)27-16-4-3-12(7-15(16)20)18-26-10-14(28-18)9-25-13-5-6-24-17(8-13)19(21,22)23/h3-8,10-11H,9H2,1-2H3,(H,24,25)/p+1. The molecular weight excluding hydrogens is 411 g/mol. The Labute approximate surface area is 169 Å². The topological polar surface area (TPSA) is 48.3 Å². The Morgan fingerprint density at radius 3 is 2.71 bits per heavy atom. The van der Waals surface area contributed by atoms with Gasteiger partial charge in [-0.05, 0) is 44.2 Å². The fourth-order valence-corrected chi connectivity index (χ4v) is 3.55. The minimum absolute atomic E-state index is 0.0281. The fraction of sp³-hybridized carbons (Fsp3) is 0.263. The van der Waals surface area contributed by atoms with Crippen molar-refractivity contribution >= 4 is 28.6 Å². The summed E-state index contributed by atoms with van der Waals surface area (Å²) < 4.78 is 43.8. The van der Waals surface area contributed by atoms with Crippen LogP contribution in [0.1, 0.15) is 24.4 Å². The van der Waals surface area contributed by atoms with Crippen molar-refractivity contribution in [2.75, 3.05) is 5.32 Å². The number of hydrogen-bond donors (Lipinski definition) is 1. The third-order valence-electron chi connectivity index (χ3n) is 3.67. The number of anilines is 1. The molecule has 0 aliphatic rings. The van der Waals surface area contributed by atoms with E-state index in [9.17, 15) is 13.2 Å². The zero-order valence-electron chi connectivity index (χ0n) is 15.1. The number of nitrogens with zero attached hydrogens (tertiary/aromatic N) is 1. The molecule has 0 bridgehead atoms. The van der Waals surface area contributed by atoms with Gasteiger partial charge in [-0.25, -0.2) is 4.98 Å².